The predicted molar refractivity (Wildman–Crippen MR) is 137 cm³/mol. The quantitative estimate of drug-likeness (QED) is 0.203. The summed E-state index contributed by atoms with van der Waals surface area (Å²) in [5.74, 6) is 0.369. The predicted octanol–water partition coefficient (Wildman–Crippen LogP) is 8.74. The van der Waals surface area contributed by atoms with Gasteiger partial charge in [0.25, 0.3) is 0 Å². The zero-order valence-electron chi connectivity index (χ0n) is 22.3. The maximum absolute atomic E-state index is 13.7. The van der Waals surface area contributed by atoms with Crippen LogP contribution in [-0.2, 0) is 36.4 Å². The lowest BCUT2D eigenvalue weighted by atomic mass is 9.93. The summed E-state index contributed by atoms with van der Waals surface area (Å²) in [5, 5.41) is 0.472. The number of rotatable bonds is 6. The average Bonchev–Trinajstić information content (AvgIpc) is 2.94. The summed E-state index contributed by atoms with van der Waals surface area (Å²) in [6.07, 6.45) is -14.8. The number of methoxy groups -OCH3 is 2. The Kier molecular flexibility index (Phi) is 8.52. The molecule has 4 rings (SSSR count). The maximum Gasteiger partial charge on any atom is 0.416 e. The summed E-state index contributed by atoms with van der Waals surface area (Å²) in [4.78, 5) is 17.7. The number of ether oxygens (including phenoxy) is 2. The van der Waals surface area contributed by atoms with Crippen LogP contribution in [0.4, 0.5) is 44.3 Å². The first-order valence-electron chi connectivity index (χ1n) is 12.3. The standard InChI is InChI=1S/C29H21F9N2O3/c1-42-24-8-7-22(23-4-3-9-39-25(23)24)21-6-5-18(27(30,31)32)12-17(21)15-40(26(41)43-2)14-16-10-19(28(33,34)35)13-20(11-16)29(36,37)38/h3-13H,14-15H2,1-2H3. The van der Waals surface area contributed by atoms with Gasteiger partial charge < -0.3 is 9.47 Å². The lowest BCUT2D eigenvalue weighted by molar-refractivity contribution is -0.143. The first-order chi connectivity index (χ1) is 20.0. The van der Waals surface area contributed by atoms with E-state index in [9.17, 15) is 44.3 Å². The van der Waals surface area contributed by atoms with E-state index in [0.717, 1.165) is 25.3 Å². The van der Waals surface area contributed by atoms with Crippen LogP contribution in [0.3, 0.4) is 0 Å². The van der Waals surface area contributed by atoms with Crippen molar-refractivity contribution < 1.29 is 53.8 Å². The number of pyridine rings is 1. The molecule has 0 saturated carbocycles. The van der Waals surface area contributed by atoms with Crippen LogP contribution in [0.5, 0.6) is 5.75 Å². The molecule has 0 unspecified atom stereocenters. The molecule has 1 heterocycles. The molecule has 0 radical (unpaired) electrons. The second-order valence-electron chi connectivity index (χ2n) is 9.32. The third kappa shape index (κ3) is 6.95. The first-order valence-corrected chi connectivity index (χ1v) is 12.3. The van der Waals surface area contributed by atoms with Crippen LogP contribution in [-0.4, -0.2) is 30.2 Å². The third-order valence-electron chi connectivity index (χ3n) is 6.49. The molecule has 4 aromatic rings. The van der Waals surface area contributed by atoms with Crippen LogP contribution in [0.1, 0.15) is 27.8 Å². The van der Waals surface area contributed by atoms with Gasteiger partial charge in [0, 0.05) is 24.7 Å². The molecule has 1 aromatic heterocycles. The number of halogens is 9. The molecule has 0 saturated heterocycles. The van der Waals surface area contributed by atoms with Crippen LogP contribution in [0.25, 0.3) is 22.0 Å². The van der Waals surface area contributed by atoms with Crippen molar-refractivity contribution in [3.05, 3.63) is 94.7 Å². The summed E-state index contributed by atoms with van der Waals surface area (Å²) < 4.78 is 132. The minimum absolute atomic E-state index is 0.0697. The number of hydrogen-bond acceptors (Lipinski definition) is 4. The van der Waals surface area contributed by atoms with Crippen LogP contribution >= 0.6 is 0 Å². The monoisotopic (exact) mass is 616 g/mol. The van der Waals surface area contributed by atoms with Gasteiger partial charge in [0.15, 0.2) is 0 Å². The Balaban J connectivity index is 1.87. The highest BCUT2D eigenvalue weighted by atomic mass is 19.4. The number of fused-ring (bicyclic) bond motifs is 1. The highest BCUT2D eigenvalue weighted by Crippen LogP contribution is 2.40. The fourth-order valence-electron chi connectivity index (χ4n) is 4.56. The van der Waals surface area contributed by atoms with Crippen molar-refractivity contribution >= 4 is 17.0 Å². The number of aromatic nitrogens is 1. The SMILES string of the molecule is COC(=O)N(Cc1cc(C(F)(F)F)cc(C(F)(F)F)c1)Cc1cc(C(F)(F)F)ccc1-c1ccc(OC)c2ncccc12. The molecule has 0 atom stereocenters. The molecular weight excluding hydrogens is 595 g/mol. The fourth-order valence-corrected chi connectivity index (χ4v) is 4.56. The molecule has 1 amide bonds. The molecule has 0 fully saturated rings. The number of nitrogens with zero attached hydrogens (tertiary/aromatic N) is 2. The molecule has 43 heavy (non-hydrogen) atoms. The lowest BCUT2D eigenvalue weighted by Crippen LogP contribution is -2.30. The Morgan fingerprint density at radius 3 is 1.91 bits per heavy atom. The van der Waals surface area contributed by atoms with Crippen molar-refractivity contribution in [2.45, 2.75) is 31.6 Å². The van der Waals surface area contributed by atoms with Gasteiger partial charge in [-0.25, -0.2) is 4.79 Å². The highest BCUT2D eigenvalue weighted by molar-refractivity contribution is 5.98. The number of amides is 1. The molecular formula is C29H21F9N2O3. The Morgan fingerprint density at radius 2 is 1.35 bits per heavy atom. The van der Waals surface area contributed by atoms with Gasteiger partial charge in [0.05, 0.1) is 30.9 Å². The summed E-state index contributed by atoms with van der Waals surface area (Å²) in [6.45, 7) is -1.52. The van der Waals surface area contributed by atoms with Crippen LogP contribution in [0.2, 0.25) is 0 Å². The molecule has 0 aliphatic rings. The van der Waals surface area contributed by atoms with Gasteiger partial charge in [-0.05, 0) is 70.8 Å². The largest absolute Gasteiger partial charge is 0.494 e. The first kappa shape index (κ1) is 31.4. The van der Waals surface area contributed by atoms with Crippen molar-refractivity contribution in [1.82, 2.24) is 9.88 Å². The molecule has 5 nitrogen and oxygen atoms in total. The van der Waals surface area contributed by atoms with Gasteiger partial charge in [-0.2, -0.15) is 39.5 Å². The third-order valence-corrected chi connectivity index (χ3v) is 6.49. The van der Waals surface area contributed by atoms with Crippen LogP contribution in [0, 0.1) is 0 Å². The van der Waals surface area contributed by atoms with E-state index in [2.05, 4.69) is 9.72 Å². The van der Waals surface area contributed by atoms with E-state index >= 15 is 0 Å². The van der Waals surface area contributed by atoms with Gasteiger partial charge in [-0.3, -0.25) is 9.88 Å². The number of benzene rings is 3. The van der Waals surface area contributed by atoms with E-state index in [-0.39, 0.29) is 17.2 Å². The number of carbonyl (C=O) groups excluding carboxylic acids is 1. The summed E-state index contributed by atoms with van der Waals surface area (Å²) in [7, 11) is 2.32. The fraction of sp³-hybridized carbons (Fsp3) is 0.241. The van der Waals surface area contributed by atoms with E-state index in [4.69, 9.17) is 4.74 Å². The van der Waals surface area contributed by atoms with Crippen molar-refractivity contribution in [1.29, 1.82) is 0 Å². The van der Waals surface area contributed by atoms with E-state index in [1.54, 1.807) is 18.2 Å². The highest BCUT2D eigenvalue weighted by Gasteiger charge is 2.37. The Labute approximate surface area is 238 Å². The Hall–Kier alpha value is -4.49. The second-order valence-corrected chi connectivity index (χ2v) is 9.32. The van der Waals surface area contributed by atoms with Gasteiger partial charge in [-0.1, -0.05) is 12.1 Å². The molecule has 228 valence electrons. The zero-order chi connectivity index (χ0) is 31.7. The van der Waals surface area contributed by atoms with Gasteiger partial charge in [0.1, 0.15) is 11.3 Å². The van der Waals surface area contributed by atoms with E-state index in [1.807, 2.05) is 0 Å². The van der Waals surface area contributed by atoms with E-state index in [0.29, 0.717) is 39.2 Å². The summed E-state index contributed by atoms with van der Waals surface area (Å²) in [5.41, 5.74) is -4.04. The number of alkyl halides is 9. The van der Waals surface area contributed by atoms with Crippen molar-refractivity contribution in [2.75, 3.05) is 14.2 Å². The summed E-state index contributed by atoms with van der Waals surface area (Å²) in [6, 6.07) is 9.84. The number of carbonyl (C=O) groups is 1. The van der Waals surface area contributed by atoms with Crippen molar-refractivity contribution in [3.63, 3.8) is 0 Å². The molecule has 0 aliphatic heterocycles. The Morgan fingerprint density at radius 1 is 0.744 bits per heavy atom. The smallest absolute Gasteiger partial charge is 0.416 e. The van der Waals surface area contributed by atoms with Crippen LogP contribution < -0.4 is 4.74 Å². The Bertz CT molecular complexity index is 1620. The molecule has 3 aromatic carbocycles. The van der Waals surface area contributed by atoms with Crippen molar-refractivity contribution in [3.8, 4) is 16.9 Å². The molecule has 0 bridgehead atoms. The topological polar surface area (TPSA) is 51.7 Å². The maximum atomic E-state index is 13.7. The van der Waals surface area contributed by atoms with Crippen LogP contribution in [0.15, 0.2) is 66.9 Å². The lowest BCUT2D eigenvalue weighted by Gasteiger charge is -2.25. The minimum atomic E-state index is -5.15. The summed E-state index contributed by atoms with van der Waals surface area (Å²) >= 11 is 0. The normalized spacial score (nSPS) is 12.3. The number of hydrogen-bond donors (Lipinski definition) is 0. The van der Waals surface area contributed by atoms with Crippen molar-refractivity contribution in [2.24, 2.45) is 0 Å². The van der Waals surface area contributed by atoms with Gasteiger partial charge >= 0.3 is 24.6 Å². The van der Waals surface area contributed by atoms with Gasteiger partial charge in [0.2, 0.25) is 0 Å². The zero-order valence-corrected chi connectivity index (χ0v) is 22.3. The second kappa shape index (κ2) is 11.7. The average molecular weight is 616 g/mol. The van der Waals surface area contributed by atoms with E-state index < -0.39 is 60.0 Å². The molecule has 0 spiro atoms. The minimum Gasteiger partial charge on any atom is -0.494 e. The molecule has 0 N–H and O–H groups in total. The molecule has 14 heteroatoms. The van der Waals surface area contributed by atoms with Gasteiger partial charge in [-0.15, -0.1) is 0 Å². The van der Waals surface area contributed by atoms with E-state index in [1.165, 1.54) is 19.4 Å². The molecule has 0 aliphatic carbocycles.